The molecule has 0 spiro atoms. The molecule has 0 fully saturated rings. The van der Waals surface area contributed by atoms with E-state index < -0.39 is 0 Å². The predicted octanol–water partition coefficient (Wildman–Crippen LogP) is 3.10. The molecule has 0 saturated heterocycles. The molecule has 1 aromatic rings. The number of nitrogens with zero attached hydrogens (tertiary/aromatic N) is 1. The van der Waals surface area contributed by atoms with Gasteiger partial charge in [0, 0.05) is 24.1 Å². The summed E-state index contributed by atoms with van der Waals surface area (Å²) in [5, 5.41) is 0. The lowest BCUT2D eigenvalue weighted by Crippen LogP contribution is -2.49. The molecule has 0 radical (unpaired) electrons. The van der Waals surface area contributed by atoms with Gasteiger partial charge in [-0.25, -0.2) is 0 Å². The summed E-state index contributed by atoms with van der Waals surface area (Å²) in [6, 6.07) is 6.22. The predicted molar refractivity (Wildman–Crippen MR) is 85.3 cm³/mol. The maximum absolute atomic E-state index is 12.8. The first kappa shape index (κ1) is 15.5. The molecule has 1 aliphatic rings. The molecule has 110 valence electrons. The van der Waals surface area contributed by atoms with Gasteiger partial charge in [0.2, 0.25) is 5.91 Å². The zero-order valence-corrected chi connectivity index (χ0v) is 13.9. The highest BCUT2D eigenvalue weighted by atomic mass is 79.9. The average Bonchev–Trinajstić information content (AvgIpc) is 2.49. The maximum atomic E-state index is 12.8. The van der Waals surface area contributed by atoms with E-state index in [1.807, 2.05) is 11.0 Å². The van der Waals surface area contributed by atoms with E-state index in [1.165, 1.54) is 11.1 Å². The van der Waals surface area contributed by atoms with Crippen molar-refractivity contribution in [2.45, 2.75) is 39.7 Å². The van der Waals surface area contributed by atoms with E-state index in [1.54, 1.807) is 0 Å². The summed E-state index contributed by atoms with van der Waals surface area (Å²) in [6.07, 6.45) is 2.53. The summed E-state index contributed by atoms with van der Waals surface area (Å²) in [6.45, 7) is 6.04. The van der Waals surface area contributed by atoms with E-state index in [-0.39, 0.29) is 11.3 Å². The van der Waals surface area contributed by atoms with Gasteiger partial charge in [-0.3, -0.25) is 4.79 Å². The monoisotopic (exact) mass is 338 g/mol. The number of fused-ring (bicyclic) bond motifs is 1. The normalized spacial score (nSPS) is 15.1. The first-order valence-electron chi connectivity index (χ1n) is 7.33. The van der Waals surface area contributed by atoms with Gasteiger partial charge in [-0.2, -0.15) is 0 Å². The van der Waals surface area contributed by atoms with Crippen LogP contribution in [0, 0.1) is 5.41 Å². The van der Waals surface area contributed by atoms with E-state index in [0.717, 1.165) is 30.3 Å². The quantitative estimate of drug-likeness (QED) is 0.916. The van der Waals surface area contributed by atoms with Crippen molar-refractivity contribution in [1.82, 2.24) is 4.90 Å². The van der Waals surface area contributed by atoms with Crippen LogP contribution < -0.4 is 5.73 Å². The number of carbonyl (C=O) groups excluding carboxylic acids is 1. The van der Waals surface area contributed by atoms with Crippen LogP contribution in [-0.2, 0) is 17.8 Å². The largest absolute Gasteiger partial charge is 0.338 e. The van der Waals surface area contributed by atoms with Crippen molar-refractivity contribution in [2.24, 2.45) is 11.1 Å². The molecule has 1 heterocycles. The minimum Gasteiger partial charge on any atom is -0.338 e. The number of hydrogen-bond donors (Lipinski definition) is 1. The van der Waals surface area contributed by atoms with Gasteiger partial charge in [-0.05, 0) is 36.5 Å². The summed E-state index contributed by atoms with van der Waals surface area (Å²) in [7, 11) is 0. The second kappa shape index (κ2) is 6.27. The Morgan fingerprint density at radius 3 is 2.70 bits per heavy atom. The Hall–Kier alpha value is -0.870. The average molecular weight is 339 g/mol. The SMILES string of the molecule is CCC(CC)(CN)C(=O)N1CCc2c(Br)cccc2C1. The highest BCUT2D eigenvalue weighted by Crippen LogP contribution is 2.32. The zero-order valence-electron chi connectivity index (χ0n) is 12.3. The van der Waals surface area contributed by atoms with Crippen LogP contribution in [0.25, 0.3) is 0 Å². The summed E-state index contributed by atoms with van der Waals surface area (Å²) < 4.78 is 1.15. The van der Waals surface area contributed by atoms with E-state index in [0.29, 0.717) is 13.1 Å². The number of rotatable bonds is 4. The molecule has 0 aromatic heterocycles. The third-order valence-corrected chi connectivity index (χ3v) is 5.44. The molecule has 2 N–H and O–H groups in total. The number of benzene rings is 1. The van der Waals surface area contributed by atoms with E-state index >= 15 is 0 Å². The smallest absolute Gasteiger partial charge is 0.230 e. The molecule has 2 rings (SSSR count). The topological polar surface area (TPSA) is 46.3 Å². The summed E-state index contributed by atoms with van der Waals surface area (Å²) >= 11 is 3.60. The molecule has 1 aromatic carbocycles. The number of halogens is 1. The van der Waals surface area contributed by atoms with Crippen LogP contribution in [-0.4, -0.2) is 23.9 Å². The summed E-state index contributed by atoms with van der Waals surface area (Å²) in [5.74, 6) is 0.218. The number of amides is 1. The van der Waals surface area contributed by atoms with Gasteiger partial charge in [0.1, 0.15) is 0 Å². The molecule has 0 aliphatic carbocycles. The summed E-state index contributed by atoms with van der Waals surface area (Å²) in [4.78, 5) is 14.8. The fraction of sp³-hybridized carbons (Fsp3) is 0.562. The van der Waals surface area contributed by atoms with Crippen LogP contribution in [0.3, 0.4) is 0 Å². The lowest BCUT2D eigenvalue weighted by molar-refractivity contribution is -0.143. The van der Waals surface area contributed by atoms with Crippen molar-refractivity contribution < 1.29 is 4.79 Å². The fourth-order valence-corrected chi connectivity index (χ4v) is 3.61. The molecule has 4 heteroatoms. The number of hydrogen-bond acceptors (Lipinski definition) is 2. The molecule has 0 saturated carbocycles. The van der Waals surface area contributed by atoms with Gasteiger partial charge in [-0.1, -0.05) is 41.9 Å². The lowest BCUT2D eigenvalue weighted by Gasteiger charge is -2.38. The molecule has 3 nitrogen and oxygen atoms in total. The Labute approximate surface area is 129 Å². The first-order chi connectivity index (χ1) is 9.57. The zero-order chi connectivity index (χ0) is 14.8. The van der Waals surface area contributed by atoms with Crippen LogP contribution in [0.5, 0.6) is 0 Å². The third-order valence-electron chi connectivity index (χ3n) is 4.69. The molecule has 1 aliphatic heterocycles. The Balaban J connectivity index is 2.23. The van der Waals surface area contributed by atoms with Crippen LogP contribution in [0.2, 0.25) is 0 Å². The highest BCUT2D eigenvalue weighted by molar-refractivity contribution is 9.10. The van der Waals surface area contributed by atoms with Gasteiger partial charge in [-0.15, -0.1) is 0 Å². The molecule has 20 heavy (non-hydrogen) atoms. The lowest BCUT2D eigenvalue weighted by atomic mass is 9.80. The molecule has 1 amide bonds. The molecular formula is C16H23BrN2O. The number of nitrogens with two attached hydrogens (primary N) is 1. The molecule has 0 atom stereocenters. The van der Waals surface area contributed by atoms with Gasteiger partial charge in [0.05, 0.1) is 5.41 Å². The Bertz CT molecular complexity index is 489. The Morgan fingerprint density at radius 2 is 2.10 bits per heavy atom. The van der Waals surface area contributed by atoms with Gasteiger partial charge in [0.25, 0.3) is 0 Å². The molecular weight excluding hydrogens is 316 g/mol. The van der Waals surface area contributed by atoms with Crippen molar-refractivity contribution in [2.75, 3.05) is 13.1 Å². The highest BCUT2D eigenvalue weighted by Gasteiger charge is 2.37. The van der Waals surface area contributed by atoms with Crippen molar-refractivity contribution in [3.05, 3.63) is 33.8 Å². The van der Waals surface area contributed by atoms with Crippen molar-refractivity contribution >= 4 is 21.8 Å². The van der Waals surface area contributed by atoms with Crippen molar-refractivity contribution in [1.29, 1.82) is 0 Å². The van der Waals surface area contributed by atoms with E-state index in [9.17, 15) is 4.79 Å². The van der Waals surface area contributed by atoms with Gasteiger partial charge >= 0.3 is 0 Å². The molecule has 0 bridgehead atoms. The second-order valence-electron chi connectivity index (χ2n) is 5.55. The van der Waals surface area contributed by atoms with Gasteiger partial charge in [0.15, 0.2) is 0 Å². The standard InChI is InChI=1S/C16H23BrN2O/c1-3-16(4-2,11-18)15(20)19-9-8-13-12(10-19)6-5-7-14(13)17/h5-7H,3-4,8-11,18H2,1-2H3. The second-order valence-corrected chi connectivity index (χ2v) is 6.40. The van der Waals surface area contributed by atoms with Gasteiger partial charge < -0.3 is 10.6 Å². The summed E-state index contributed by atoms with van der Waals surface area (Å²) in [5.41, 5.74) is 8.10. The minimum atomic E-state index is -0.385. The van der Waals surface area contributed by atoms with Crippen LogP contribution in [0.4, 0.5) is 0 Å². The fourth-order valence-electron chi connectivity index (χ4n) is 3.00. The van der Waals surface area contributed by atoms with E-state index in [2.05, 4.69) is 41.9 Å². The Morgan fingerprint density at radius 1 is 1.40 bits per heavy atom. The van der Waals surface area contributed by atoms with Crippen molar-refractivity contribution in [3.63, 3.8) is 0 Å². The third kappa shape index (κ3) is 2.63. The first-order valence-corrected chi connectivity index (χ1v) is 8.13. The Kier molecular flexibility index (Phi) is 4.86. The maximum Gasteiger partial charge on any atom is 0.230 e. The van der Waals surface area contributed by atoms with E-state index in [4.69, 9.17) is 5.73 Å². The van der Waals surface area contributed by atoms with Crippen molar-refractivity contribution in [3.8, 4) is 0 Å². The number of carbonyl (C=O) groups is 1. The molecule has 0 unspecified atom stereocenters. The van der Waals surface area contributed by atoms with Crippen LogP contribution in [0.15, 0.2) is 22.7 Å². The van der Waals surface area contributed by atoms with Crippen LogP contribution >= 0.6 is 15.9 Å². The minimum absolute atomic E-state index is 0.218. The van der Waals surface area contributed by atoms with Crippen LogP contribution in [0.1, 0.15) is 37.8 Å².